The summed E-state index contributed by atoms with van der Waals surface area (Å²) in [5.41, 5.74) is 3.58. The fourth-order valence-corrected chi connectivity index (χ4v) is 5.87. The van der Waals surface area contributed by atoms with Gasteiger partial charge in [0, 0.05) is 16.7 Å². The number of ether oxygens (including phenoxy) is 1. The quantitative estimate of drug-likeness (QED) is 0.317. The summed E-state index contributed by atoms with van der Waals surface area (Å²) in [7, 11) is 0. The molecule has 1 aliphatic rings. The fourth-order valence-electron chi connectivity index (χ4n) is 4.14. The second-order valence-electron chi connectivity index (χ2n) is 9.43. The molecule has 0 saturated heterocycles. The van der Waals surface area contributed by atoms with Crippen LogP contribution in [0.4, 0.5) is 9.39 Å². The average molecular weight is 525 g/mol. The van der Waals surface area contributed by atoms with E-state index in [1.54, 1.807) is 35.8 Å². The lowest BCUT2D eigenvalue weighted by atomic mass is 9.72. The molecule has 0 aliphatic heterocycles. The number of thiophene rings is 1. The van der Waals surface area contributed by atoms with E-state index in [1.807, 2.05) is 18.2 Å². The Bertz CT molecular complexity index is 1240. The standard InChI is InChI=1S/C27H26BrFN2OS/c1-27(2,3)19-9-10-20-21(14-30)26(33-25(20)13-19)31-15-17-8-11-24(22(28)12-17)32-16-18-6-4-5-7-23(18)29/h4-8,11-12,15,19H,9-10,13,16H2,1-3H3/t19-/m1/s1. The third-order valence-electron chi connectivity index (χ3n) is 6.21. The van der Waals surface area contributed by atoms with E-state index in [0.717, 1.165) is 39.9 Å². The summed E-state index contributed by atoms with van der Waals surface area (Å²) in [6.07, 6.45) is 4.87. The zero-order valence-electron chi connectivity index (χ0n) is 19.0. The molecule has 3 nitrogen and oxygen atoms in total. The van der Waals surface area contributed by atoms with Gasteiger partial charge in [-0.25, -0.2) is 9.38 Å². The van der Waals surface area contributed by atoms with Crippen LogP contribution in [-0.4, -0.2) is 6.21 Å². The normalized spacial score (nSPS) is 15.9. The van der Waals surface area contributed by atoms with Gasteiger partial charge in [0.25, 0.3) is 0 Å². The molecule has 0 N–H and O–H groups in total. The summed E-state index contributed by atoms with van der Waals surface area (Å²) in [4.78, 5) is 5.98. The Morgan fingerprint density at radius 2 is 2.06 bits per heavy atom. The van der Waals surface area contributed by atoms with Crippen molar-refractivity contribution in [2.45, 2.75) is 46.6 Å². The van der Waals surface area contributed by atoms with Gasteiger partial charge in [0.15, 0.2) is 0 Å². The van der Waals surface area contributed by atoms with Crippen molar-refractivity contribution in [1.82, 2.24) is 0 Å². The Kier molecular flexibility index (Phi) is 7.02. The minimum absolute atomic E-state index is 0.153. The molecule has 0 spiro atoms. The molecule has 4 rings (SSSR count). The number of hydrogen-bond acceptors (Lipinski definition) is 4. The number of nitrogens with zero attached hydrogens (tertiary/aromatic N) is 2. The van der Waals surface area contributed by atoms with E-state index in [-0.39, 0.29) is 17.8 Å². The van der Waals surface area contributed by atoms with Crippen molar-refractivity contribution in [2.75, 3.05) is 0 Å². The Hall–Kier alpha value is -2.49. The van der Waals surface area contributed by atoms with Gasteiger partial charge in [-0.15, -0.1) is 11.3 Å². The smallest absolute Gasteiger partial charge is 0.134 e. The molecule has 1 aliphatic carbocycles. The highest BCUT2D eigenvalue weighted by Gasteiger charge is 2.32. The Labute approximate surface area is 207 Å². The average Bonchev–Trinajstić information content (AvgIpc) is 3.14. The molecule has 33 heavy (non-hydrogen) atoms. The first kappa shape index (κ1) is 23.7. The van der Waals surface area contributed by atoms with Crippen LogP contribution in [-0.2, 0) is 19.4 Å². The van der Waals surface area contributed by atoms with Gasteiger partial charge in [-0.2, -0.15) is 5.26 Å². The lowest BCUT2D eigenvalue weighted by molar-refractivity contribution is 0.218. The van der Waals surface area contributed by atoms with Gasteiger partial charge in [0.05, 0.1) is 10.0 Å². The van der Waals surface area contributed by atoms with E-state index in [1.165, 1.54) is 16.5 Å². The lowest BCUT2D eigenvalue weighted by Gasteiger charge is -2.33. The second kappa shape index (κ2) is 9.79. The predicted molar refractivity (Wildman–Crippen MR) is 136 cm³/mol. The van der Waals surface area contributed by atoms with E-state index < -0.39 is 0 Å². The zero-order chi connectivity index (χ0) is 23.6. The summed E-state index contributed by atoms with van der Waals surface area (Å²) in [5.74, 6) is 0.978. The monoisotopic (exact) mass is 524 g/mol. The van der Waals surface area contributed by atoms with E-state index in [9.17, 15) is 9.65 Å². The molecule has 0 radical (unpaired) electrons. The van der Waals surface area contributed by atoms with E-state index >= 15 is 0 Å². The molecule has 3 aromatic rings. The van der Waals surface area contributed by atoms with E-state index in [0.29, 0.717) is 17.2 Å². The van der Waals surface area contributed by atoms with Crippen molar-refractivity contribution >= 4 is 38.5 Å². The molecule has 0 fully saturated rings. The summed E-state index contributed by atoms with van der Waals surface area (Å²) >= 11 is 5.18. The topological polar surface area (TPSA) is 45.4 Å². The molecule has 1 atom stereocenters. The highest BCUT2D eigenvalue weighted by atomic mass is 79.9. The van der Waals surface area contributed by atoms with Crippen LogP contribution in [0.25, 0.3) is 0 Å². The van der Waals surface area contributed by atoms with Crippen LogP contribution in [0.2, 0.25) is 0 Å². The first-order valence-corrected chi connectivity index (χ1v) is 12.6. The second-order valence-corrected chi connectivity index (χ2v) is 11.4. The minimum Gasteiger partial charge on any atom is -0.488 e. The molecule has 0 saturated carbocycles. The summed E-state index contributed by atoms with van der Waals surface area (Å²) < 4.78 is 20.4. The third kappa shape index (κ3) is 5.37. The van der Waals surface area contributed by atoms with Crippen LogP contribution in [0.15, 0.2) is 51.9 Å². The Morgan fingerprint density at radius 1 is 1.27 bits per heavy atom. The molecule has 1 heterocycles. The molecular weight excluding hydrogens is 499 g/mol. The van der Waals surface area contributed by atoms with Gasteiger partial charge < -0.3 is 4.74 Å². The van der Waals surface area contributed by atoms with Crippen LogP contribution in [0.3, 0.4) is 0 Å². The van der Waals surface area contributed by atoms with E-state index in [2.05, 4.69) is 47.8 Å². The van der Waals surface area contributed by atoms with Crippen LogP contribution in [0, 0.1) is 28.5 Å². The van der Waals surface area contributed by atoms with Crippen LogP contribution in [0.5, 0.6) is 5.75 Å². The van der Waals surface area contributed by atoms with Crippen LogP contribution >= 0.6 is 27.3 Å². The van der Waals surface area contributed by atoms with Gasteiger partial charge in [-0.3, -0.25) is 0 Å². The molecule has 6 heteroatoms. The number of hydrogen-bond donors (Lipinski definition) is 0. The number of nitriles is 1. The maximum absolute atomic E-state index is 13.8. The minimum atomic E-state index is -0.280. The number of fused-ring (bicyclic) bond motifs is 1. The molecule has 0 bridgehead atoms. The SMILES string of the molecule is CC(C)(C)[C@@H]1CCc2c(sc(N=Cc3ccc(OCc4ccccc4F)c(Br)c3)c2C#N)C1. The van der Waals surface area contributed by atoms with E-state index in [4.69, 9.17) is 4.74 Å². The van der Waals surface area contributed by atoms with Crippen molar-refractivity contribution < 1.29 is 9.13 Å². The molecule has 2 aromatic carbocycles. The zero-order valence-corrected chi connectivity index (χ0v) is 21.4. The van der Waals surface area contributed by atoms with Gasteiger partial charge in [-0.1, -0.05) is 39.0 Å². The van der Waals surface area contributed by atoms with Crippen molar-refractivity contribution in [3.8, 4) is 11.8 Å². The highest BCUT2D eigenvalue weighted by Crippen LogP contribution is 2.44. The number of halogens is 2. The fraction of sp³-hybridized carbons (Fsp3) is 0.333. The van der Waals surface area contributed by atoms with Crippen molar-refractivity contribution in [3.05, 3.63) is 79.9 Å². The summed E-state index contributed by atoms with van der Waals surface area (Å²) in [6, 6.07) is 14.6. The van der Waals surface area contributed by atoms with Crippen molar-refractivity contribution in [3.63, 3.8) is 0 Å². The van der Waals surface area contributed by atoms with Crippen molar-refractivity contribution in [2.24, 2.45) is 16.3 Å². The van der Waals surface area contributed by atoms with Crippen LogP contribution in [0.1, 0.15) is 54.3 Å². The van der Waals surface area contributed by atoms with Gasteiger partial charge in [-0.05, 0) is 81.9 Å². The highest BCUT2D eigenvalue weighted by molar-refractivity contribution is 9.10. The molecular formula is C27H26BrFN2OS. The number of aliphatic imine (C=N–C) groups is 1. The maximum Gasteiger partial charge on any atom is 0.134 e. The molecule has 0 unspecified atom stereocenters. The predicted octanol–water partition coefficient (Wildman–Crippen LogP) is 8.00. The molecule has 0 amide bonds. The Balaban J connectivity index is 1.49. The Morgan fingerprint density at radius 3 is 2.76 bits per heavy atom. The van der Waals surface area contributed by atoms with Crippen molar-refractivity contribution in [1.29, 1.82) is 5.26 Å². The van der Waals surface area contributed by atoms with Gasteiger partial charge >= 0.3 is 0 Å². The van der Waals surface area contributed by atoms with Gasteiger partial charge in [0.2, 0.25) is 0 Å². The van der Waals surface area contributed by atoms with Crippen LogP contribution < -0.4 is 4.74 Å². The lowest BCUT2D eigenvalue weighted by Crippen LogP contribution is -2.26. The first-order chi connectivity index (χ1) is 15.8. The summed E-state index contributed by atoms with van der Waals surface area (Å²) in [5, 5.41) is 10.6. The summed E-state index contributed by atoms with van der Waals surface area (Å²) in [6.45, 7) is 7.03. The molecule has 170 valence electrons. The first-order valence-electron chi connectivity index (χ1n) is 11.0. The van der Waals surface area contributed by atoms with Gasteiger partial charge in [0.1, 0.15) is 29.2 Å². The number of rotatable bonds is 5. The molecule has 1 aromatic heterocycles. The number of benzene rings is 2. The largest absolute Gasteiger partial charge is 0.488 e. The maximum atomic E-state index is 13.8. The third-order valence-corrected chi connectivity index (χ3v) is 7.99.